The van der Waals surface area contributed by atoms with E-state index in [1.807, 2.05) is 6.07 Å². The predicted molar refractivity (Wildman–Crippen MR) is 89.8 cm³/mol. The van der Waals surface area contributed by atoms with E-state index in [0.29, 0.717) is 12.6 Å². The molecule has 1 heterocycles. The van der Waals surface area contributed by atoms with E-state index in [2.05, 4.69) is 36.1 Å². The average Bonchev–Trinajstić information content (AvgIpc) is 2.58. The van der Waals surface area contributed by atoms with Crippen molar-refractivity contribution in [1.82, 2.24) is 4.90 Å². The van der Waals surface area contributed by atoms with Crippen molar-refractivity contribution in [2.75, 3.05) is 19.8 Å². The average molecular weight is 303 g/mol. The number of hydrogen-bond acceptors (Lipinski definition) is 2. The summed E-state index contributed by atoms with van der Waals surface area (Å²) in [6, 6.07) is 10.9. The van der Waals surface area contributed by atoms with Crippen molar-refractivity contribution in [1.29, 1.82) is 0 Å². The van der Waals surface area contributed by atoms with Gasteiger partial charge < -0.3 is 9.64 Å². The van der Waals surface area contributed by atoms with Crippen molar-refractivity contribution in [2.45, 2.75) is 57.9 Å². The third kappa shape index (κ3) is 5.45. The molecular formula is C19H29NO2. The molecule has 0 spiro atoms. The largest absolute Gasteiger partial charge is 0.372 e. The maximum absolute atomic E-state index is 12.4. The van der Waals surface area contributed by atoms with Crippen LogP contribution in [-0.2, 0) is 16.0 Å². The Hall–Kier alpha value is -1.35. The van der Waals surface area contributed by atoms with Crippen LogP contribution in [0.1, 0.15) is 51.0 Å². The third-order valence-electron chi connectivity index (χ3n) is 4.42. The summed E-state index contributed by atoms with van der Waals surface area (Å²) in [5.74, 6) is 0.175. The Morgan fingerprint density at radius 2 is 2.09 bits per heavy atom. The van der Waals surface area contributed by atoms with Gasteiger partial charge in [0.2, 0.25) is 5.91 Å². The molecule has 0 saturated carbocycles. The summed E-state index contributed by atoms with van der Waals surface area (Å²) < 4.78 is 5.51. The van der Waals surface area contributed by atoms with Crippen LogP contribution in [0.25, 0.3) is 0 Å². The number of carbonyl (C=O) groups excluding carboxylic acids is 1. The van der Waals surface area contributed by atoms with Crippen LogP contribution in [0.15, 0.2) is 30.3 Å². The zero-order chi connectivity index (χ0) is 15.6. The van der Waals surface area contributed by atoms with E-state index >= 15 is 0 Å². The van der Waals surface area contributed by atoms with Gasteiger partial charge in [0.15, 0.2) is 0 Å². The molecule has 1 aliphatic heterocycles. The van der Waals surface area contributed by atoms with Gasteiger partial charge in [0, 0.05) is 19.2 Å². The van der Waals surface area contributed by atoms with Gasteiger partial charge in [0.05, 0.1) is 0 Å². The number of nitrogens with zero attached hydrogens (tertiary/aromatic N) is 1. The van der Waals surface area contributed by atoms with Crippen LogP contribution in [0.2, 0.25) is 0 Å². The Morgan fingerprint density at radius 3 is 2.86 bits per heavy atom. The monoisotopic (exact) mass is 303 g/mol. The van der Waals surface area contributed by atoms with Gasteiger partial charge in [-0.1, -0.05) is 43.7 Å². The Balaban J connectivity index is 1.81. The highest BCUT2D eigenvalue weighted by atomic mass is 16.5. The van der Waals surface area contributed by atoms with Crippen molar-refractivity contribution in [3.8, 4) is 0 Å². The molecule has 1 atom stereocenters. The second kappa shape index (κ2) is 9.62. The normalized spacial score (nSPS) is 18.4. The minimum absolute atomic E-state index is 0.175. The summed E-state index contributed by atoms with van der Waals surface area (Å²) in [5, 5.41) is 0. The first kappa shape index (κ1) is 17.0. The minimum atomic E-state index is 0.175. The number of unbranched alkanes of at least 4 members (excludes halogenated alkanes) is 1. The first-order valence-electron chi connectivity index (χ1n) is 8.72. The van der Waals surface area contributed by atoms with Crippen LogP contribution in [0.5, 0.6) is 0 Å². The predicted octanol–water partition coefficient (Wildman–Crippen LogP) is 3.82. The van der Waals surface area contributed by atoms with Crippen LogP contribution in [0, 0.1) is 0 Å². The van der Waals surface area contributed by atoms with Gasteiger partial charge in [-0.25, -0.2) is 0 Å². The summed E-state index contributed by atoms with van der Waals surface area (Å²) in [4.78, 5) is 14.5. The molecule has 3 nitrogen and oxygen atoms in total. The highest BCUT2D eigenvalue weighted by Gasteiger charge is 2.26. The van der Waals surface area contributed by atoms with E-state index in [0.717, 1.165) is 45.1 Å². The second-order valence-corrected chi connectivity index (χ2v) is 6.17. The molecule has 1 aliphatic rings. The molecular weight excluding hydrogens is 274 g/mol. The topological polar surface area (TPSA) is 29.5 Å². The molecule has 1 aromatic rings. The first-order chi connectivity index (χ1) is 10.8. The lowest BCUT2D eigenvalue weighted by molar-refractivity contribution is -0.140. The molecule has 1 saturated heterocycles. The second-order valence-electron chi connectivity index (χ2n) is 6.17. The van der Waals surface area contributed by atoms with Crippen molar-refractivity contribution in [2.24, 2.45) is 0 Å². The van der Waals surface area contributed by atoms with Gasteiger partial charge in [0.1, 0.15) is 6.61 Å². The molecule has 0 radical (unpaired) electrons. The molecule has 1 aromatic carbocycles. The molecule has 1 amide bonds. The van der Waals surface area contributed by atoms with Crippen molar-refractivity contribution >= 4 is 5.91 Å². The molecule has 122 valence electrons. The van der Waals surface area contributed by atoms with Crippen molar-refractivity contribution in [3.63, 3.8) is 0 Å². The Morgan fingerprint density at radius 1 is 1.27 bits per heavy atom. The zero-order valence-electron chi connectivity index (χ0n) is 13.8. The summed E-state index contributed by atoms with van der Waals surface area (Å²) in [6.45, 7) is 3.98. The lowest BCUT2D eigenvalue weighted by atomic mass is 9.96. The number of aryl methyl sites for hydroxylation is 1. The van der Waals surface area contributed by atoms with Gasteiger partial charge in [0.25, 0.3) is 0 Å². The lowest BCUT2D eigenvalue weighted by Crippen LogP contribution is -2.45. The van der Waals surface area contributed by atoms with Gasteiger partial charge in [-0.05, 0) is 44.1 Å². The maximum Gasteiger partial charge on any atom is 0.248 e. The number of amides is 1. The first-order valence-corrected chi connectivity index (χ1v) is 8.72. The SMILES string of the molecule is CCCCOCC(=O)N1CCCC[C@H]1CCc1ccccc1. The summed E-state index contributed by atoms with van der Waals surface area (Å²) >= 11 is 0. The van der Waals surface area contributed by atoms with Crippen molar-refractivity contribution in [3.05, 3.63) is 35.9 Å². The van der Waals surface area contributed by atoms with Gasteiger partial charge in [-0.3, -0.25) is 4.79 Å². The number of carbonyl (C=O) groups is 1. The maximum atomic E-state index is 12.4. The van der Waals surface area contributed by atoms with E-state index in [1.165, 1.54) is 12.0 Å². The molecule has 0 N–H and O–H groups in total. The summed E-state index contributed by atoms with van der Waals surface area (Å²) in [7, 11) is 0. The Labute approximate surface area is 134 Å². The fourth-order valence-corrected chi connectivity index (χ4v) is 3.10. The van der Waals surface area contributed by atoms with Crippen LogP contribution in [-0.4, -0.2) is 36.6 Å². The van der Waals surface area contributed by atoms with E-state index in [9.17, 15) is 4.79 Å². The van der Waals surface area contributed by atoms with Crippen molar-refractivity contribution < 1.29 is 9.53 Å². The number of likely N-dealkylation sites (tertiary alicyclic amines) is 1. The zero-order valence-corrected chi connectivity index (χ0v) is 13.8. The van der Waals surface area contributed by atoms with E-state index in [-0.39, 0.29) is 12.5 Å². The minimum Gasteiger partial charge on any atom is -0.372 e. The lowest BCUT2D eigenvalue weighted by Gasteiger charge is -2.36. The molecule has 0 aromatic heterocycles. The van der Waals surface area contributed by atoms with Crippen LogP contribution >= 0.6 is 0 Å². The van der Waals surface area contributed by atoms with Crippen LogP contribution in [0.4, 0.5) is 0 Å². The van der Waals surface area contributed by atoms with E-state index in [4.69, 9.17) is 4.74 Å². The summed E-state index contributed by atoms with van der Waals surface area (Å²) in [6.07, 6.45) is 7.75. The highest BCUT2D eigenvalue weighted by molar-refractivity contribution is 5.77. The fourth-order valence-electron chi connectivity index (χ4n) is 3.10. The number of benzene rings is 1. The summed E-state index contributed by atoms with van der Waals surface area (Å²) in [5.41, 5.74) is 1.36. The van der Waals surface area contributed by atoms with Gasteiger partial charge in [-0.2, -0.15) is 0 Å². The van der Waals surface area contributed by atoms with Crippen LogP contribution in [0.3, 0.4) is 0 Å². The Kier molecular flexibility index (Phi) is 7.44. The third-order valence-corrected chi connectivity index (χ3v) is 4.42. The number of piperidine rings is 1. The van der Waals surface area contributed by atoms with Crippen LogP contribution < -0.4 is 0 Å². The molecule has 3 heteroatoms. The standard InChI is InChI=1S/C19H29NO2/c1-2-3-15-22-16-19(21)20-14-8-7-11-18(20)13-12-17-9-5-4-6-10-17/h4-6,9-10,18H,2-3,7-8,11-16H2,1H3/t18-/m0/s1. The fraction of sp³-hybridized carbons (Fsp3) is 0.632. The molecule has 0 unspecified atom stereocenters. The molecule has 2 rings (SSSR count). The quantitative estimate of drug-likeness (QED) is 0.683. The molecule has 0 aliphatic carbocycles. The van der Waals surface area contributed by atoms with Gasteiger partial charge >= 0.3 is 0 Å². The number of ether oxygens (including phenoxy) is 1. The molecule has 0 bridgehead atoms. The Bertz CT molecular complexity index is 432. The van der Waals surface area contributed by atoms with E-state index in [1.54, 1.807) is 0 Å². The molecule has 22 heavy (non-hydrogen) atoms. The van der Waals surface area contributed by atoms with E-state index < -0.39 is 0 Å². The number of rotatable bonds is 8. The highest BCUT2D eigenvalue weighted by Crippen LogP contribution is 2.21. The van der Waals surface area contributed by atoms with Gasteiger partial charge in [-0.15, -0.1) is 0 Å². The number of hydrogen-bond donors (Lipinski definition) is 0. The smallest absolute Gasteiger partial charge is 0.248 e. The molecule has 1 fully saturated rings.